The predicted molar refractivity (Wildman–Crippen MR) is 89.8 cm³/mol. The van der Waals surface area contributed by atoms with Gasteiger partial charge < -0.3 is 13.0 Å². The first-order valence-electron chi connectivity index (χ1n) is 6.97. The SMILES string of the molecule is C=C(C)C(=O)OCCC[Si](C)(C)O[Si](C)(C)O[Si](C)C. The Hall–Kier alpha value is -0.219. The summed E-state index contributed by atoms with van der Waals surface area (Å²) >= 11 is 0. The van der Waals surface area contributed by atoms with Crippen molar-refractivity contribution in [2.24, 2.45) is 0 Å². The van der Waals surface area contributed by atoms with Crippen LogP contribution in [0, 0.1) is 0 Å². The molecule has 4 nitrogen and oxygen atoms in total. The Bertz CT molecular complexity index is 341. The third kappa shape index (κ3) is 9.65. The van der Waals surface area contributed by atoms with E-state index in [1.807, 2.05) is 0 Å². The summed E-state index contributed by atoms with van der Waals surface area (Å²) in [6, 6.07) is 0.964. The molecular weight excluding hydrogens is 304 g/mol. The van der Waals surface area contributed by atoms with Crippen LogP contribution in [0.2, 0.25) is 45.3 Å². The second-order valence-electron chi connectivity index (χ2n) is 6.29. The average Bonchev–Trinajstić information content (AvgIpc) is 2.19. The van der Waals surface area contributed by atoms with Crippen LogP contribution in [0.1, 0.15) is 13.3 Å². The van der Waals surface area contributed by atoms with Crippen LogP contribution in [0.3, 0.4) is 0 Å². The fourth-order valence-corrected chi connectivity index (χ4v) is 13.2. The van der Waals surface area contributed by atoms with E-state index in [9.17, 15) is 4.79 Å². The molecular formula is C13H29O4Si3. The Balaban J connectivity index is 4.13. The molecule has 0 atom stereocenters. The van der Waals surface area contributed by atoms with Gasteiger partial charge in [-0.05, 0) is 58.7 Å². The zero-order valence-electron chi connectivity index (χ0n) is 14.0. The van der Waals surface area contributed by atoms with Crippen LogP contribution in [0.15, 0.2) is 12.2 Å². The van der Waals surface area contributed by atoms with Crippen LogP contribution in [0.4, 0.5) is 0 Å². The number of hydrogen-bond acceptors (Lipinski definition) is 4. The van der Waals surface area contributed by atoms with E-state index in [4.69, 9.17) is 13.0 Å². The van der Waals surface area contributed by atoms with Gasteiger partial charge in [0.25, 0.3) is 0 Å². The van der Waals surface area contributed by atoms with Gasteiger partial charge in [0.05, 0.1) is 6.61 Å². The van der Waals surface area contributed by atoms with Gasteiger partial charge in [0.2, 0.25) is 0 Å². The normalized spacial score (nSPS) is 12.6. The number of ether oxygens (including phenoxy) is 1. The summed E-state index contributed by atoms with van der Waals surface area (Å²) in [5, 5.41) is 0. The molecule has 0 amide bonds. The monoisotopic (exact) mass is 333 g/mol. The first kappa shape index (κ1) is 19.8. The van der Waals surface area contributed by atoms with Gasteiger partial charge in [-0.1, -0.05) is 6.58 Å². The minimum atomic E-state index is -2.02. The van der Waals surface area contributed by atoms with Gasteiger partial charge in [0, 0.05) is 5.57 Å². The van der Waals surface area contributed by atoms with Crippen molar-refractivity contribution in [3.63, 3.8) is 0 Å². The molecule has 0 unspecified atom stereocenters. The number of carbonyl (C=O) groups is 1. The average molecular weight is 334 g/mol. The molecule has 0 N–H and O–H groups in total. The van der Waals surface area contributed by atoms with Crippen molar-refractivity contribution in [3.05, 3.63) is 12.2 Å². The maximum Gasteiger partial charge on any atom is 0.333 e. The molecule has 7 heteroatoms. The van der Waals surface area contributed by atoms with Crippen LogP contribution in [-0.2, 0) is 17.8 Å². The number of rotatable bonds is 9. The van der Waals surface area contributed by atoms with Crippen LogP contribution in [0.25, 0.3) is 0 Å². The molecule has 0 aliphatic heterocycles. The van der Waals surface area contributed by atoms with E-state index >= 15 is 0 Å². The highest BCUT2D eigenvalue weighted by molar-refractivity contribution is 6.84. The molecule has 1 radical (unpaired) electrons. The molecule has 0 rings (SSSR count). The zero-order valence-corrected chi connectivity index (χ0v) is 17.0. The topological polar surface area (TPSA) is 44.8 Å². The Kier molecular flexibility index (Phi) is 8.19. The molecule has 0 spiro atoms. The van der Waals surface area contributed by atoms with Crippen LogP contribution < -0.4 is 0 Å². The molecule has 0 heterocycles. The Morgan fingerprint density at radius 2 is 1.75 bits per heavy atom. The lowest BCUT2D eigenvalue weighted by Gasteiger charge is -2.34. The van der Waals surface area contributed by atoms with Crippen molar-refractivity contribution in [1.82, 2.24) is 0 Å². The van der Waals surface area contributed by atoms with Gasteiger partial charge in [-0.2, -0.15) is 0 Å². The molecule has 0 bridgehead atoms. The minimum Gasteiger partial charge on any atom is -0.462 e. The molecule has 0 fully saturated rings. The van der Waals surface area contributed by atoms with Crippen molar-refractivity contribution in [2.45, 2.75) is 58.7 Å². The lowest BCUT2D eigenvalue weighted by Crippen LogP contribution is -2.48. The molecule has 0 saturated heterocycles. The molecule has 0 aromatic carbocycles. The molecule has 20 heavy (non-hydrogen) atoms. The first-order chi connectivity index (χ1) is 8.95. The van der Waals surface area contributed by atoms with Gasteiger partial charge in [0.1, 0.15) is 0 Å². The van der Waals surface area contributed by atoms with Crippen molar-refractivity contribution in [2.75, 3.05) is 6.61 Å². The van der Waals surface area contributed by atoms with Gasteiger partial charge in [-0.25, -0.2) is 4.79 Å². The first-order valence-corrected chi connectivity index (χ1v) is 15.3. The summed E-state index contributed by atoms with van der Waals surface area (Å²) in [6.45, 7) is 18.5. The summed E-state index contributed by atoms with van der Waals surface area (Å²) in [7, 11) is -4.51. The van der Waals surface area contributed by atoms with Crippen LogP contribution >= 0.6 is 0 Å². The van der Waals surface area contributed by atoms with E-state index in [1.165, 1.54) is 0 Å². The van der Waals surface area contributed by atoms with Crippen molar-refractivity contribution >= 4 is 31.9 Å². The van der Waals surface area contributed by atoms with Crippen LogP contribution in [-0.4, -0.2) is 38.5 Å². The molecule has 117 valence electrons. The summed E-state index contributed by atoms with van der Waals surface area (Å²) in [5.74, 6) is -0.312. The molecule has 0 saturated carbocycles. The van der Waals surface area contributed by atoms with Gasteiger partial charge >= 0.3 is 14.5 Å². The smallest absolute Gasteiger partial charge is 0.333 e. The summed E-state index contributed by atoms with van der Waals surface area (Å²) < 4.78 is 17.4. The highest BCUT2D eigenvalue weighted by Gasteiger charge is 2.34. The number of carbonyl (C=O) groups excluding carboxylic acids is 1. The van der Waals surface area contributed by atoms with E-state index in [0.29, 0.717) is 12.2 Å². The minimum absolute atomic E-state index is 0.312. The van der Waals surface area contributed by atoms with E-state index in [2.05, 4.69) is 45.9 Å². The van der Waals surface area contributed by atoms with Crippen LogP contribution in [0.5, 0.6) is 0 Å². The van der Waals surface area contributed by atoms with E-state index in [0.717, 1.165) is 12.5 Å². The molecule has 0 aliphatic carbocycles. The number of hydrogen-bond donors (Lipinski definition) is 0. The van der Waals surface area contributed by atoms with Crippen molar-refractivity contribution < 1.29 is 17.8 Å². The lowest BCUT2D eigenvalue weighted by atomic mass is 10.4. The Morgan fingerprint density at radius 1 is 1.20 bits per heavy atom. The largest absolute Gasteiger partial charge is 0.462 e. The fourth-order valence-electron chi connectivity index (χ4n) is 2.01. The quantitative estimate of drug-likeness (QED) is 0.279. The second kappa shape index (κ2) is 8.28. The predicted octanol–water partition coefficient (Wildman–Crippen LogP) is 3.69. The summed E-state index contributed by atoms with van der Waals surface area (Å²) in [4.78, 5) is 11.3. The highest BCUT2D eigenvalue weighted by Crippen LogP contribution is 2.21. The molecule has 0 aromatic heterocycles. The second-order valence-corrected chi connectivity index (χ2v) is 16.6. The molecule has 0 aliphatic rings. The zero-order chi connectivity index (χ0) is 16.0. The summed E-state index contributed by atoms with van der Waals surface area (Å²) in [6.07, 6.45) is 0.832. The maximum absolute atomic E-state index is 11.3. The van der Waals surface area contributed by atoms with Gasteiger partial charge in [-0.15, -0.1) is 0 Å². The Morgan fingerprint density at radius 3 is 2.20 bits per heavy atom. The third-order valence-corrected chi connectivity index (χ3v) is 11.8. The third-order valence-electron chi connectivity index (χ3n) is 2.48. The van der Waals surface area contributed by atoms with E-state index < -0.39 is 25.9 Å². The summed E-state index contributed by atoms with van der Waals surface area (Å²) in [5.41, 5.74) is 0.445. The Labute approximate surface area is 127 Å². The fraction of sp³-hybridized carbons (Fsp3) is 0.769. The van der Waals surface area contributed by atoms with Gasteiger partial charge in [0.15, 0.2) is 17.4 Å². The van der Waals surface area contributed by atoms with Gasteiger partial charge in [-0.3, -0.25) is 0 Å². The van der Waals surface area contributed by atoms with Crippen molar-refractivity contribution in [1.29, 1.82) is 0 Å². The van der Waals surface area contributed by atoms with E-state index in [1.54, 1.807) is 6.92 Å². The standard InChI is InChI=1S/C13H29O4Si3/c1-12(2)13(14)15-10-9-11-19(5,6)17-20(7,8)16-18(3)4/h1,9-11H2,2-8H3. The lowest BCUT2D eigenvalue weighted by molar-refractivity contribution is -0.138. The van der Waals surface area contributed by atoms with E-state index in [-0.39, 0.29) is 5.97 Å². The highest BCUT2D eigenvalue weighted by atomic mass is 28.5. The number of esters is 1. The molecule has 0 aromatic rings. The maximum atomic E-state index is 11.3. The van der Waals surface area contributed by atoms with Crippen molar-refractivity contribution in [3.8, 4) is 0 Å².